The molecular weight excluding hydrogens is 651 g/mol. The highest BCUT2D eigenvalue weighted by Crippen LogP contribution is 2.27. The van der Waals surface area contributed by atoms with Crippen LogP contribution in [0.3, 0.4) is 0 Å². The zero-order valence-corrected chi connectivity index (χ0v) is 30.3. The zero-order valence-electron chi connectivity index (χ0n) is 29.5. The number of hydrogen-bond acceptors (Lipinski definition) is 8. The molecule has 50 heavy (non-hydrogen) atoms. The van der Waals surface area contributed by atoms with Gasteiger partial charge in [0.2, 0.25) is 17.7 Å². The molecule has 268 valence electrons. The van der Waals surface area contributed by atoms with E-state index in [-0.39, 0.29) is 24.2 Å². The highest BCUT2D eigenvalue weighted by molar-refractivity contribution is 7.15. The maximum atomic E-state index is 13.8. The largest absolute Gasteiger partial charge is 0.354 e. The van der Waals surface area contributed by atoms with Crippen molar-refractivity contribution in [3.05, 3.63) is 82.4 Å². The smallest absolute Gasteiger partial charge is 0.251 e. The summed E-state index contributed by atoms with van der Waals surface area (Å²) in [6.45, 7) is 10.4. The van der Waals surface area contributed by atoms with Crippen molar-refractivity contribution in [3.8, 4) is 0 Å². The first kappa shape index (κ1) is 37.0. The van der Waals surface area contributed by atoms with Crippen LogP contribution < -0.4 is 26.2 Å². The number of nitrogens with one attached hydrogen (secondary N) is 4. The van der Waals surface area contributed by atoms with Crippen LogP contribution in [0.4, 0.5) is 5.13 Å². The van der Waals surface area contributed by atoms with Gasteiger partial charge in [-0.25, -0.2) is 4.98 Å². The number of nitrogens with zero attached hydrogens (tertiary/aromatic N) is 3. The number of fused-ring (bicyclic) bond motifs is 18. The van der Waals surface area contributed by atoms with Gasteiger partial charge in [0.05, 0.1) is 0 Å². The summed E-state index contributed by atoms with van der Waals surface area (Å²) in [6.07, 6.45) is 6.65. The van der Waals surface area contributed by atoms with Gasteiger partial charge in [0.15, 0.2) is 5.13 Å². The molecule has 0 unspecified atom stereocenters. The fourth-order valence-electron chi connectivity index (χ4n) is 6.36. The number of benzene rings is 2. The van der Waals surface area contributed by atoms with Crippen LogP contribution in [0.1, 0.15) is 79.2 Å². The van der Waals surface area contributed by atoms with E-state index < -0.39 is 29.9 Å². The molecule has 4 N–H and O–H groups in total. The van der Waals surface area contributed by atoms with Crippen molar-refractivity contribution in [2.45, 2.75) is 90.5 Å². The number of anilines is 1. The van der Waals surface area contributed by atoms with Crippen molar-refractivity contribution in [2.75, 3.05) is 31.1 Å². The number of aromatic nitrogens is 1. The van der Waals surface area contributed by atoms with Gasteiger partial charge in [-0.3, -0.25) is 24.1 Å². The molecule has 12 heteroatoms. The average molecular weight is 702 g/mol. The standard InChI is InChI=1S/C38H51N7O4S/c1-26(2)21-32-36(48)41-27(3)34(46)39-17-7-8-18-44(25-31-23-40-38(50-31)45-19-9-10-20-45)24-29-13-15-30(16-14-29)35(47)42-33(37(49)43-32)22-28-11-5-4-6-12-28/h4-6,11-16,23,26-27,32-33H,7-10,17-22,24-25H2,1-3H3,(H,39,46)(H,41,48)(H,42,47)(H,43,49)/t27-,32+,33-/m1/s1. The van der Waals surface area contributed by atoms with E-state index in [0.29, 0.717) is 25.1 Å². The Kier molecular flexibility index (Phi) is 13.4. The summed E-state index contributed by atoms with van der Waals surface area (Å²) in [5, 5.41) is 12.6. The summed E-state index contributed by atoms with van der Waals surface area (Å²) in [5.41, 5.74) is 2.39. The molecule has 4 amide bonds. The second-order valence-corrected chi connectivity index (χ2v) is 14.9. The van der Waals surface area contributed by atoms with Crippen LogP contribution in [0.2, 0.25) is 0 Å². The number of thiazole rings is 1. The van der Waals surface area contributed by atoms with E-state index in [4.69, 9.17) is 4.98 Å². The van der Waals surface area contributed by atoms with E-state index in [1.165, 1.54) is 17.7 Å². The van der Waals surface area contributed by atoms with Crippen molar-refractivity contribution in [3.63, 3.8) is 0 Å². The van der Waals surface area contributed by atoms with Crippen LogP contribution in [-0.2, 0) is 33.9 Å². The van der Waals surface area contributed by atoms with Gasteiger partial charge in [-0.05, 0) is 74.8 Å². The Morgan fingerprint density at radius 1 is 0.820 bits per heavy atom. The zero-order chi connectivity index (χ0) is 35.5. The highest BCUT2D eigenvalue weighted by Gasteiger charge is 2.29. The van der Waals surface area contributed by atoms with Crippen LogP contribution in [0, 0.1) is 5.92 Å². The summed E-state index contributed by atoms with van der Waals surface area (Å²) in [6, 6.07) is 14.4. The second kappa shape index (κ2) is 18.1. The predicted octanol–water partition coefficient (Wildman–Crippen LogP) is 4.03. The molecule has 3 aliphatic heterocycles. The van der Waals surface area contributed by atoms with Crippen LogP contribution >= 0.6 is 11.3 Å². The molecule has 1 aromatic heterocycles. The summed E-state index contributed by atoms with van der Waals surface area (Å²) in [7, 11) is 0. The fraction of sp³-hybridized carbons (Fsp3) is 0.500. The third-order valence-electron chi connectivity index (χ3n) is 9.12. The molecule has 3 atom stereocenters. The molecule has 0 aliphatic carbocycles. The van der Waals surface area contributed by atoms with Crippen molar-refractivity contribution >= 4 is 40.1 Å². The van der Waals surface area contributed by atoms with E-state index in [0.717, 1.165) is 55.3 Å². The van der Waals surface area contributed by atoms with Crippen LogP contribution in [0.25, 0.3) is 0 Å². The van der Waals surface area contributed by atoms with Gasteiger partial charge in [0.1, 0.15) is 18.1 Å². The van der Waals surface area contributed by atoms with Gasteiger partial charge in [0, 0.05) is 55.8 Å². The summed E-state index contributed by atoms with van der Waals surface area (Å²) in [4.78, 5) is 64.4. The number of hydrogen-bond donors (Lipinski definition) is 4. The Morgan fingerprint density at radius 2 is 1.52 bits per heavy atom. The Labute approximate surface area is 299 Å². The Hall–Kier alpha value is -4.29. The topological polar surface area (TPSA) is 136 Å². The molecule has 2 bridgehead atoms. The Balaban J connectivity index is 1.36. The molecule has 2 aromatic carbocycles. The average Bonchev–Trinajstić information content (AvgIpc) is 3.80. The molecule has 0 saturated carbocycles. The Bertz CT molecular complexity index is 1570. The van der Waals surface area contributed by atoms with E-state index in [1.54, 1.807) is 30.4 Å². The number of carbonyl (C=O) groups is 4. The summed E-state index contributed by atoms with van der Waals surface area (Å²) < 4.78 is 0. The van der Waals surface area contributed by atoms with Crippen molar-refractivity contribution in [1.29, 1.82) is 0 Å². The molecule has 0 spiro atoms. The van der Waals surface area contributed by atoms with Crippen LogP contribution in [-0.4, -0.2) is 77.8 Å². The van der Waals surface area contributed by atoms with Gasteiger partial charge >= 0.3 is 0 Å². The molecule has 0 radical (unpaired) electrons. The third-order valence-corrected chi connectivity index (χ3v) is 10.2. The molecule has 3 aromatic rings. The predicted molar refractivity (Wildman–Crippen MR) is 197 cm³/mol. The van der Waals surface area contributed by atoms with E-state index in [1.807, 2.05) is 62.5 Å². The van der Waals surface area contributed by atoms with Crippen LogP contribution in [0.15, 0.2) is 60.8 Å². The lowest BCUT2D eigenvalue weighted by Crippen LogP contribution is -2.57. The SMILES string of the molecule is CC(C)C[C@@H]1NC(=O)[C@@H](Cc2ccccc2)NC(=O)c2ccc(cc2)CN(Cc2cnc(N3CCCC3)s2)CCCCNC(=O)[C@@H](C)NC1=O. The van der Waals surface area contributed by atoms with E-state index in [9.17, 15) is 19.2 Å². The highest BCUT2D eigenvalue weighted by atomic mass is 32.1. The summed E-state index contributed by atoms with van der Waals surface area (Å²) in [5.74, 6) is -1.46. The number of rotatable bonds is 7. The van der Waals surface area contributed by atoms with E-state index >= 15 is 0 Å². The van der Waals surface area contributed by atoms with Gasteiger partial charge in [-0.15, -0.1) is 11.3 Å². The van der Waals surface area contributed by atoms with Crippen molar-refractivity contribution in [1.82, 2.24) is 31.2 Å². The molecule has 6 rings (SSSR count). The maximum absolute atomic E-state index is 13.8. The first-order valence-corrected chi connectivity index (χ1v) is 18.7. The van der Waals surface area contributed by atoms with Crippen molar-refractivity contribution < 1.29 is 19.2 Å². The lowest BCUT2D eigenvalue weighted by atomic mass is 10.0. The molecule has 11 nitrogen and oxygen atoms in total. The third kappa shape index (κ3) is 10.9. The molecule has 1 fully saturated rings. The van der Waals surface area contributed by atoms with Gasteiger partial charge in [-0.1, -0.05) is 56.3 Å². The first-order chi connectivity index (χ1) is 24.1. The number of amides is 4. The minimum atomic E-state index is -0.929. The van der Waals surface area contributed by atoms with E-state index in [2.05, 4.69) is 31.1 Å². The maximum Gasteiger partial charge on any atom is 0.251 e. The lowest BCUT2D eigenvalue weighted by molar-refractivity contribution is -0.132. The lowest BCUT2D eigenvalue weighted by Gasteiger charge is -2.25. The minimum Gasteiger partial charge on any atom is -0.354 e. The molecule has 1 saturated heterocycles. The normalized spacial score (nSPS) is 22.1. The van der Waals surface area contributed by atoms with Gasteiger partial charge in [0.25, 0.3) is 5.91 Å². The second-order valence-electron chi connectivity index (χ2n) is 13.8. The quantitative estimate of drug-likeness (QED) is 0.273. The Morgan fingerprint density at radius 3 is 2.24 bits per heavy atom. The van der Waals surface area contributed by atoms with Crippen LogP contribution in [0.5, 0.6) is 0 Å². The molecular formula is C38H51N7O4S. The van der Waals surface area contributed by atoms with Gasteiger partial charge < -0.3 is 26.2 Å². The fourth-order valence-corrected chi connectivity index (χ4v) is 7.36. The monoisotopic (exact) mass is 701 g/mol. The molecule has 3 aliphatic rings. The number of carbonyl (C=O) groups excluding carboxylic acids is 4. The minimum absolute atomic E-state index is 0.0908. The van der Waals surface area contributed by atoms with Gasteiger partial charge in [-0.2, -0.15) is 0 Å². The first-order valence-electron chi connectivity index (χ1n) is 17.9. The van der Waals surface area contributed by atoms with Crippen molar-refractivity contribution in [2.24, 2.45) is 5.92 Å². The summed E-state index contributed by atoms with van der Waals surface area (Å²) >= 11 is 1.74. The molecule has 4 heterocycles.